The highest BCUT2D eigenvalue weighted by atomic mass is 16.5. The lowest BCUT2D eigenvalue weighted by Crippen LogP contribution is -2.30. The lowest BCUT2D eigenvalue weighted by atomic mass is 9.99. The molecule has 1 fully saturated rings. The van der Waals surface area contributed by atoms with Crippen molar-refractivity contribution in [3.05, 3.63) is 30.3 Å². The molecule has 1 aromatic rings. The van der Waals surface area contributed by atoms with Gasteiger partial charge >= 0.3 is 5.97 Å². The quantitative estimate of drug-likeness (QED) is 0.814. The average Bonchev–Trinajstić information content (AvgIpc) is 2.87. The summed E-state index contributed by atoms with van der Waals surface area (Å²) < 4.78 is 5.53. The normalized spacial score (nSPS) is 21.3. The van der Waals surface area contributed by atoms with Crippen molar-refractivity contribution >= 4 is 11.9 Å². The number of hydrogen-bond donors (Lipinski definition) is 1. The molecule has 5 nitrogen and oxygen atoms in total. The Bertz CT molecular complexity index is 488. The van der Waals surface area contributed by atoms with E-state index in [1.54, 1.807) is 4.90 Å². The molecule has 1 aliphatic rings. The van der Waals surface area contributed by atoms with Gasteiger partial charge in [-0.2, -0.15) is 0 Å². The van der Waals surface area contributed by atoms with Gasteiger partial charge in [0.15, 0.2) is 0 Å². The number of likely N-dealkylation sites (tertiary alicyclic amines) is 1. The SMILES string of the molecule is CC1CN(C(=O)CCCOc2ccccc2)CC1C(=O)O. The number of hydrogen-bond acceptors (Lipinski definition) is 3. The Morgan fingerprint density at radius 2 is 2.00 bits per heavy atom. The van der Waals surface area contributed by atoms with Crippen LogP contribution in [0, 0.1) is 11.8 Å². The number of carboxylic acids is 1. The first kappa shape index (κ1) is 15.4. The molecule has 5 heteroatoms. The lowest BCUT2D eigenvalue weighted by Gasteiger charge is -2.15. The third-order valence-corrected chi connectivity index (χ3v) is 3.83. The number of para-hydroxylation sites is 1. The first-order valence-electron chi connectivity index (χ1n) is 7.26. The summed E-state index contributed by atoms with van der Waals surface area (Å²) in [6, 6.07) is 9.48. The number of nitrogens with zero attached hydrogens (tertiary/aromatic N) is 1. The summed E-state index contributed by atoms with van der Waals surface area (Å²) in [6.45, 7) is 3.23. The summed E-state index contributed by atoms with van der Waals surface area (Å²) in [5.74, 6) is -0.417. The molecule has 1 aromatic carbocycles. The fraction of sp³-hybridized carbons (Fsp3) is 0.500. The van der Waals surface area contributed by atoms with Crippen LogP contribution in [0.4, 0.5) is 0 Å². The second-order valence-electron chi connectivity index (χ2n) is 5.49. The van der Waals surface area contributed by atoms with E-state index in [0.29, 0.717) is 32.5 Å². The van der Waals surface area contributed by atoms with Crippen LogP contribution in [0.1, 0.15) is 19.8 Å². The third kappa shape index (κ3) is 4.21. The van der Waals surface area contributed by atoms with E-state index in [-0.39, 0.29) is 11.8 Å². The van der Waals surface area contributed by atoms with Crippen molar-refractivity contribution in [1.82, 2.24) is 4.90 Å². The number of carboxylic acid groups (broad SMARTS) is 1. The van der Waals surface area contributed by atoms with E-state index in [9.17, 15) is 9.59 Å². The summed E-state index contributed by atoms with van der Waals surface area (Å²) >= 11 is 0. The molecule has 0 saturated carbocycles. The largest absolute Gasteiger partial charge is 0.494 e. The van der Waals surface area contributed by atoms with Crippen molar-refractivity contribution in [2.75, 3.05) is 19.7 Å². The molecule has 1 heterocycles. The molecule has 0 bridgehead atoms. The predicted octanol–water partition coefficient (Wildman–Crippen LogP) is 2.02. The number of rotatable bonds is 6. The van der Waals surface area contributed by atoms with Crippen molar-refractivity contribution in [3.8, 4) is 5.75 Å². The van der Waals surface area contributed by atoms with Crippen LogP contribution in [0.25, 0.3) is 0 Å². The van der Waals surface area contributed by atoms with Crippen LogP contribution in [-0.4, -0.2) is 41.6 Å². The number of amides is 1. The van der Waals surface area contributed by atoms with Gasteiger partial charge in [0.25, 0.3) is 0 Å². The topological polar surface area (TPSA) is 66.8 Å². The summed E-state index contributed by atoms with van der Waals surface area (Å²) in [5.41, 5.74) is 0. The Balaban J connectivity index is 1.69. The van der Waals surface area contributed by atoms with Crippen LogP contribution in [-0.2, 0) is 9.59 Å². The average molecular weight is 291 g/mol. The second kappa shape index (κ2) is 7.11. The molecule has 0 spiro atoms. The Kier molecular flexibility index (Phi) is 5.20. The molecule has 0 aromatic heterocycles. The van der Waals surface area contributed by atoms with Crippen LogP contribution in [0.3, 0.4) is 0 Å². The highest BCUT2D eigenvalue weighted by Gasteiger charge is 2.36. The highest BCUT2D eigenvalue weighted by Crippen LogP contribution is 2.23. The van der Waals surface area contributed by atoms with Gasteiger partial charge in [-0.1, -0.05) is 25.1 Å². The van der Waals surface area contributed by atoms with E-state index in [2.05, 4.69) is 0 Å². The van der Waals surface area contributed by atoms with Crippen LogP contribution in [0.5, 0.6) is 5.75 Å². The number of aliphatic carboxylic acids is 1. The summed E-state index contributed by atoms with van der Waals surface area (Å²) in [4.78, 5) is 24.7. The first-order valence-corrected chi connectivity index (χ1v) is 7.26. The second-order valence-corrected chi connectivity index (χ2v) is 5.49. The van der Waals surface area contributed by atoms with Crippen molar-refractivity contribution in [2.45, 2.75) is 19.8 Å². The van der Waals surface area contributed by atoms with Crippen molar-refractivity contribution in [1.29, 1.82) is 0 Å². The molecule has 0 radical (unpaired) electrons. The molecule has 1 N–H and O–H groups in total. The van der Waals surface area contributed by atoms with Crippen LogP contribution in [0.2, 0.25) is 0 Å². The van der Waals surface area contributed by atoms with E-state index < -0.39 is 11.9 Å². The molecule has 1 aliphatic heterocycles. The summed E-state index contributed by atoms with van der Waals surface area (Å²) in [5, 5.41) is 9.07. The minimum Gasteiger partial charge on any atom is -0.494 e. The first-order chi connectivity index (χ1) is 10.1. The fourth-order valence-corrected chi connectivity index (χ4v) is 2.58. The van der Waals surface area contributed by atoms with Gasteiger partial charge in [0.2, 0.25) is 5.91 Å². The van der Waals surface area contributed by atoms with Crippen molar-refractivity contribution < 1.29 is 19.4 Å². The van der Waals surface area contributed by atoms with Gasteiger partial charge in [0.1, 0.15) is 5.75 Å². The van der Waals surface area contributed by atoms with Crippen LogP contribution >= 0.6 is 0 Å². The third-order valence-electron chi connectivity index (χ3n) is 3.83. The maximum Gasteiger partial charge on any atom is 0.308 e. The van der Waals surface area contributed by atoms with Crippen molar-refractivity contribution in [3.63, 3.8) is 0 Å². The molecule has 1 saturated heterocycles. The van der Waals surface area contributed by atoms with Gasteiger partial charge in [-0.3, -0.25) is 9.59 Å². The number of ether oxygens (including phenoxy) is 1. The molecule has 21 heavy (non-hydrogen) atoms. The van der Waals surface area contributed by atoms with Gasteiger partial charge in [-0.05, 0) is 24.5 Å². The van der Waals surface area contributed by atoms with Gasteiger partial charge in [0.05, 0.1) is 12.5 Å². The zero-order valence-electron chi connectivity index (χ0n) is 12.2. The van der Waals surface area contributed by atoms with E-state index in [4.69, 9.17) is 9.84 Å². The smallest absolute Gasteiger partial charge is 0.308 e. The molecular formula is C16H21NO4. The molecule has 2 atom stereocenters. The van der Waals surface area contributed by atoms with Gasteiger partial charge in [0, 0.05) is 19.5 Å². The van der Waals surface area contributed by atoms with Gasteiger partial charge < -0.3 is 14.7 Å². The minimum absolute atomic E-state index is 0.0160. The highest BCUT2D eigenvalue weighted by molar-refractivity contribution is 5.78. The zero-order chi connectivity index (χ0) is 15.2. The van der Waals surface area contributed by atoms with Crippen molar-refractivity contribution in [2.24, 2.45) is 11.8 Å². The van der Waals surface area contributed by atoms with E-state index >= 15 is 0 Å². The maximum absolute atomic E-state index is 12.0. The van der Waals surface area contributed by atoms with E-state index in [0.717, 1.165) is 5.75 Å². The number of carbonyl (C=O) groups excluding carboxylic acids is 1. The summed E-state index contributed by atoms with van der Waals surface area (Å²) in [6.07, 6.45) is 1.03. The van der Waals surface area contributed by atoms with Crippen LogP contribution < -0.4 is 4.74 Å². The molecule has 0 aliphatic carbocycles. The fourth-order valence-electron chi connectivity index (χ4n) is 2.58. The monoisotopic (exact) mass is 291 g/mol. The number of benzene rings is 1. The standard InChI is InChI=1S/C16H21NO4/c1-12-10-17(11-14(12)16(19)20)15(18)8-5-9-21-13-6-3-2-4-7-13/h2-4,6-7,12,14H,5,8-11H2,1H3,(H,19,20). The Hall–Kier alpha value is -2.04. The van der Waals surface area contributed by atoms with E-state index in [1.165, 1.54) is 0 Å². The van der Waals surface area contributed by atoms with Gasteiger partial charge in [-0.15, -0.1) is 0 Å². The summed E-state index contributed by atoms with van der Waals surface area (Å²) in [7, 11) is 0. The molecule has 2 rings (SSSR count). The van der Waals surface area contributed by atoms with E-state index in [1.807, 2.05) is 37.3 Å². The Labute approximate surface area is 124 Å². The molecular weight excluding hydrogens is 270 g/mol. The Morgan fingerprint density at radius 3 is 2.62 bits per heavy atom. The maximum atomic E-state index is 12.0. The van der Waals surface area contributed by atoms with Gasteiger partial charge in [-0.25, -0.2) is 0 Å². The zero-order valence-corrected chi connectivity index (χ0v) is 12.2. The molecule has 114 valence electrons. The number of carbonyl (C=O) groups is 2. The predicted molar refractivity (Wildman–Crippen MR) is 78.0 cm³/mol. The minimum atomic E-state index is -0.815. The lowest BCUT2D eigenvalue weighted by molar-refractivity contribution is -0.142. The van der Waals surface area contributed by atoms with Crippen LogP contribution in [0.15, 0.2) is 30.3 Å². The molecule has 1 amide bonds. The Morgan fingerprint density at radius 1 is 1.29 bits per heavy atom. The molecule has 2 unspecified atom stereocenters.